The molecular weight excluding hydrogens is 315 g/mol. The fourth-order valence-corrected chi connectivity index (χ4v) is 2.83. The maximum atomic E-state index is 5.73. The molecule has 0 spiro atoms. The van der Waals surface area contributed by atoms with Crippen LogP contribution in [0.25, 0.3) is 0 Å². The van der Waals surface area contributed by atoms with Gasteiger partial charge in [-0.1, -0.05) is 35.5 Å². The van der Waals surface area contributed by atoms with E-state index in [0.29, 0.717) is 5.82 Å². The monoisotopic (exact) mass is 326 g/mol. The standard InChI is InChI=1S/C12H11IN2O/c13-9-10(16-15-11(9)14)12(6-7-12)8-4-2-1-3-5-8/h1-5H,6-7H2,(H2,14,15). The van der Waals surface area contributed by atoms with Crippen LogP contribution in [0.5, 0.6) is 0 Å². The zero-order valence-corrected chi connectivity index (χ0v) is 10.8. The van der Waals surface area contributed by atoms with E-state index in [1.54, 1.807) is 0 Å². The first-order valence-corrected chi connectivity index (χ1v) is 6.28. The van der Waals surface area contributed by atoms with E-state index in [-0.39, 0.29) is 5.41 Å². The summed E-state index contributed by atoms with van der Waals surface area (Å²) in [5.41, 5.74) is 7.06. The molecule has 16 heavy (non-hydrogen) atoms. The highest BCUT2D eigenvalue weighted by molar-refractivity contribution is 14.1. The molecule has 0 atom stereocenters. The van der Waals surface area contributed by atoms with Crippen LogP contribution in [0.15, 0.2) is 34.9 Å². The molecule has 0 saturated heterocycles. The number of anilines is 1. The van der Waals surface area contributed by atoms with Gasteiger partial charge in [0.2, 0.25) is 0 Å². The number of rotatable bonds is 2. The van der Waals surface area contributed by atoms with Gasteiger partial charge in [-0.3, -0.25) is 0 Å². The minimum atomic E-state index is 0.0302. The lowest BCUT2D eigenvalue weighted by atomic mass is 9.93. The summed E-state index contributed by atoms with van der Waals surface area (Å²) in [4.78, 5) is 0. The van der Waals surface area contributed by atoms with Crippen molar-refractivity contribution in [2.24, 2.45) is 0 Å². The van der Waals surface area contributed by atoms with Gasteiger partial charge in [-0.25, -0.2) is 0 Å². The molecule has 82 valence electrons. The van der Waals surface area contributed by atoms with E-state index in [9.17, 15) is 0 Å². The fraction of sp³-hybridized carbons (Fsp3) is 0.250. The molecule has 0 aliphatic heterocycles. The summed E-state index contributed by atoms with van der Waals surface area (Å²) in [7, 11) is 0. The molecule has 3 nitrogen and oxygen atoms in total. The van der Waals surface area contributed by atoms with Crippen molar-refractivity contribution in [1.82, 2.24) is 5.16 Å². The average molecular weight is 326 g/mol. The molecule has 1 fully saturated rings. The number of nitrogen functional groups attached to an aromatic ring is 1. The molecule has 0 unspecified atom stereocenters. The summed E-state index contributed by atoms with van der Waals surface area (Å²) >= 11 is 2.21. The zero-order valence-electron chi connectivity index (χ0n) is 8.61. The Morgan fingerprint density at radius 3 is 2.44 bits per heavy atom. The van der Waals surface area contributed by atoms with Gasteiger partial charge in [0, 0.05) is 0 Å². The lowest BCUT2D eigenvalue weighted by Gasteiger charge is -2.12. The predicted octanol–water partition coefficient (Wildman–Crippen LogP) is 2.94. The Labute approximate surface area is 107 Å². The van der Waals surface area contributed by atoms with Crippen LogP contribution in [0.1, 0.15) is 24.2 Å². The first-order valence-electron chi connectivity index (χ1n) is 5.21. The highest BCUT2D eigenvalue weighted by atomic mass is 127. The zero-order chi connectivity index (χ0) is 11.2. The Bertz CT molecular complexity index is 517. The summed E-state index contributed by atoms with van der Waals surface area (Å²) in [6.07, 6.45) is 2.23. The van der Waals surface area contributed by atoms with Crippen molar-refractivity contribution in [3.05, 3.63) is 45.2 Å². The predicted molar refractivity (Wildman–Crippen MR) is 70.1 cm³/mol. The number of nitrogens with two attached hydrogens (primary N) is 1. The third-order valence-electron chi connectivity index (χ3n) is 3.17. The summed E-state index contributed by atoms with van der Waals surface area (Å²) in [6, 6.07) is 10.4. The second kappa shape index (κ2) is 3.48. The van der Waals surface area contributed by atoms with Crippen molar-refractivity contribution in [3.63, 3.8) is 0 Å². The number of aromatic nitrogens is 1. The van der Waals surface area contributed by atoms with E-state index in [0.717, 1.165) is 22.2 Å². The number of hydrogen-bond donors (Lipinski definition) is 1. The van der Waals surface area contributed by atoms with Crippen LogP contribution in [0.3, 0.4) is 0 Å². The summed E-state index contributed by atoms with van der Waals surface area (Å²) < 4.78 is 6.35. The third-order valence-corrected chi connectivity index (χ3v) is 4.21. The number of halogens is 1. The molecule has 1 saturated carbocycles. The van der Waals surface area contributed by atoms with Crippen LogP contribution in [-0.4, -0.2) is 5.16 Å². The topological polar surface area (TPSA) is 52.0 Å². The van der Waals surface area contributed by atoms with Gasteiger partial charge in [-0.2, -0.15) is 0 Å². The lowest BCUT2D eigenvalue weighted by molar-refractivity contribution is 0.367. The van der Waals surface area contributed by atoms with Gasteiger partial charge < -0.3 is 10.3 Å². The molecule has 1 aliphatic rings. The SMILES string of the molecule is Nc1noc(C2(c3ccccc3)CC2)c1I. The van der Waals surface area contributed by atoms with Gasteiger partial charge >= 0.3 is 0 Å². The van der Waals surface area contributed by atoms with E-state index >= 15 is 0 Å². The molecule has 1 aromatic carbocycles. The second-order valence-corrected chi connectivity index (χ2v) is 5.24. The van der Waals surface area contributed by atoms with E-state index in [1.807, 2.05) is 6.07 Å². The van der Waals surface area contributed by atoms with E-state index in [1.165, 1.54) is 5.56 Å². The molecule has 0 bridgehead atoms. The van der Waals surface area contributed by atoms with E-state index in [4.69, 9.17) is 10.3 Å². The molecule has 0 radical (unpaired) electrons. The second-order valence-electron chi connectivity index (χ2n) is 4.16. The molecule has 0 amide bonds. The highest BCUT2D eigenvalue weighted by Crippen LogP contribution is 2.55. The van der Waals surface area contributed by atoms with Gasteiger partial charge in [0.05, 0.1) is 5.41 Å². The normalized spacial score (nSPS) is 17.3. The summed E-state index contributed by atoms with van der Waals surface area (Å²) in [6.45, 7) is 0. The average Bonchev–Trinajstić information content (AvgIpc) is 3.05. The van der Waals surface area contributed by atoms with E-state index < -0.39 is 0 Å². The minimum Gasteiger partial charge on any atom is -0.380 e. The van der Waals surface area contributed by atoms with E-state index in [2.05, 4.69) is 52.0 Å². The minimum absolute atomic E-state index is 0.0302. The van der Waals surface area contributed by atoms with Gasteiger partial charge in [0.1, 0.15) is 3.57 Å². The van der Waals surface area contributed by atoms with Gasteiger partial charge in [-0.05, 0) is 41.0 Å². The molecule has 2 aromatic rings. The van der Waals surface area contributed by atoms with Crippen LogP contribution >= 0.6 is 22.6 Å². The van der Waals surface area contributed by atoms with Crippen molar-refractivity contribution in [2.45, 2.75) is 18.3 Å². The Hall–Kier alpha value is -1.04. The van der Waals surface area contributed by atoms with Crippen LogP contribution in [-0.2, 0) is 5.41 Å². The van der Waals surface area contributed by atoms with Crippen molar-refractivity contribution in [3.8, 4) is 0 Å². The first-order chi connectivity index (χ1) is 7.74. The number of nitrogens with zero attached hydrogens (tertiary/aromatic N) is 1. The maximum absolute atomic E-state index is 5.73. The van der Waals surface area contributed by atoms with Crippen molar-refractivity contribution >= 4 is 28.4 Å². The van der Waals surface area contributed by atoms with Crippen LogP contribution in [0, 0.1) is 3.57 Å². The van der Waals surface area contributed by atoms with Crippen LogP contribution < -0.4 is 5.73 Å². The third kappa shape index (κ3) is 1.36. The van der Waals surface area contributed by atoms with Crippen LogP contribution in [0.2, 0.25) is 0 Å². The molecule has 4 heteroatoms. The number of hydrogen-bond acceptors (Lipinski definition) is 3. The van der Waals surface area contributed by atoms with Crippen molar-refractivity contribution < 1.29 is 4.52 Å². The quantitative estimate of drug-likeness (QED) is 0.864. The van der Waals surface area contributed by atoms with Gasteiger partial charge in [0.15, 0.2) is 11.6 Å². The van der Waals surface area contributed by atoms with Crippen molar-refractivity contribution in [1.29, 1.82) is 0 Å². The lowest BCUT2D eigenvalue weighted by Crippen LogP contribution is -2.08. The Balaban J connectivity index is 2.10. The largest absolute Gasteiger partial charge is 0.380 e. The summed E-state index contributed by atoms with van der Waals surface area (Å²) in [5.74, 6) is 1.43. The molecule has 3 rings (SSSR count). The summed E-state index contributed by atoms with van der Waals surface area (Å²) in [5, 5.41) is 3.84. The molecule has 1 aliphatic carbocycles. The molecule has 1 heterocycles. The Morgan fingerprint density at radius 1 is 1.25 bits per heavy atom. The first kappa shape index (κ1) is 10.1. The van der Waals surface area contributed by atoms with Crippen LogP contribution in [0.4, 0.5) is 5.82 Å². The molecular formula is C12H11IN2O. The highest BCUT2D eigenvalue weighted by Gasteiger charge is 2.50. The Kier molecular flexibility index (Phi) is 2.20. The maximum Gasteiger partial charge on any atom is 0.180 e. The van der Waals surface area contributed by atoms with Gasteiger partial charge in [-0.15, -0.1) is 0 Å². The molecule has 2 N–H and O–H groups in total. The van der Waals surface area contributed by atoms with Crippen molar-refractivity contribution in [2.75, 3.05) is 5.73 Å². The fourth-order valence-electron chi connectivity index (χ4n) is 2.12. The molecule has 1 aromatic heterocycles. The smallest absolute Gasteiger partial charge is 0.180 e. The Morgan fingerprint density at radius 2 is 1.94 bits per heavy atom. The number of benzene rings is 1. The van der Waals surface area contributed by atoms with Gasteiger partial charge in [0.25, 0.3) is 0 Å².